The smallest absolute Gasteiger partial charge is 0.225 e. The number of hydrogen-bond donors (Lipinski definition) is 1. The molecule has 0 aliphatic carbocycles. The molecule has 0 bridgehead atoms. The fourth-order valence-electron chi connectivity index (χ4n) is 4.22. The first-order valence-corrected chi connectivity index (χ1v) is 12.2. The van der Waals surface area contributed by atoms with Gasteiger partial charge in [-0.25, -0.2) is 9.97 Å². The van der Waals surface area contributed by atoms with Gasteiger partial charge in [0, 0.05) is 91.6 Å². The predicted octanol–water partition coefficient (Wildman–Crippen LogP) is 1.47. The number of likely N-dealkylation sites (tertiary alicyclic amines) is 1. The second-order valence-electron chi connectivity index (χ2n) is 8.37. The van der Waals surface area contributed by atoms with Crippen LogP contribution in [0.25, 0.3) is 0 Å². The molecule has 0 atom stereocenters. The third-order valence-corrected chi connectivity index (χ3v) is 6.02. The minimum Gasteiger partial charge on any atom is -0.385 e. The molecule has 180 valence electrons. The van der Waals surface area contributed by atoms with E-state index in [0.717, 1.165) is 110 Å². The molecule has 9 nitrogen and oxygen atoms in total. The number of methoxy groups -OCH3 is 1. The SMILES string of the molecule is CCNC(=NCCCN1CCN(c2ncccn2)CC1)N1CCC(OCCCOC)CC1. The Morgan fingerprint density at radius 2 is 1.81 bits per heavy atom. The number of aromatic nitrogens is 2. The summed E-state index contributed by atoms with van der Waals surface area (Å²) < 4.78 is 11.1. The van der Waals surface area contributed by atoms with E-state index in [1.807, 2.05) is 18.5 Å². The summed E-state index contributed by atoms with van der Waals surface area (Å²) >= 11 is 0. The normalized spacial score (nSPS) is 18.9. The Balaban J connectivity index is 1.33. The Hall–Kier alpha value is -1.97. The Morgan fingerprint density at radius 1 is 1.06 bits per heavy atom. The molecule has 0 saturated carbocycles. The molecule has 0 aromatic carbocycles. The monoisotopic (exact) mass is 447 g/mol. The highest BCUT2D eigenvalue weighted by molar-refractivity contribution is 5.80. The molecule has 2 aliphatic rings. The van der Waals surface area contributed by atoms with Gasteiger partial charge >= 0.3 is 0 Å². The van der Waals surface area contributed by atoms with Crippen LogP contribution in [0.3, 0.4) is 0 Å². The number of nitrogens with one attached hydrogen (secondary N) is 1. The van der Waals surface area contributed by atoms with Crippen LogP contribution in [0.4, 0.5) is 5.95 Å². The van der Waals surface area contributed by atoms with Gasteiger partial charge in [-0.3, -0.25) is 9.89 Å². The summed E-state index contributed by atoms with van der Waals surface area (Å²) in [4.78, 5) is 20.8. The topological polar surface area (TPSA) is 78.4 Å². The highest BCUT2D eigenvalue weighted by atomic mass is 16.5. The lowest BCUT2D eigenvalue weighted by atomic mass is 10.1. The van der Waals surface area contributed by atoms with Crippen LogP contribution in [0, 0.1) is 0 Å². The van der Waals surface area contributed by atoms with Gasteiger partial charge in [-0.15, -0.1) is 0 Å². The van der Waals surface area contributed by atoms with E-state index in [4.69, 9.17) is 14.5 Å². The molecule has 0 unspecified atom stereocenters. The second kappa shape index (κ2) is 14.2. The fourth-order valence-corrected chi connectivity index (χ4v) is 4.22. The van der Waals surface area contributed by atoms with E-state index in [2.05, 4.69) is 36.9 Å². The van der Waals surface area contributed by atoms with Gasteiger partial charge < -0.3 is 24.6 Å². The molecule has 9 heteroatoms. The molecule has 1 aromatic heterocycles. The Morgan fingerprint density at radius 3 is 2.50 bits per heavy atom. The predicted molar refractivity (Wildman–Crippen MR) is 128 cm³/mol. The molecule has 3 heterocycles. The third-order valence-electron chi connectivity index (χ3n) is 6.02. The lowest BCUT2D eigenvalue weighted by Gasteiger charge is -2.35. The van der Waals surface area contributed by atoms with E-state index in [1.165, 1.54) is 0 Å². The molecule has 3 rings (SSSR count). The van der Waals surface area contributed by atoms with E-state index in [-0.39, 0.29) is 0 Å². The lowest BCUT2D eigenvalue weighted by Crippen LogP contribution is -2.47. The van der Waals surface area contributed by atoms with Gasteiger partial charge in [0.1, 0.15) is 0 Å². The summed E-state index contributed by atoms with van der Waals surface area (Å²) in [5.74, 6) is 1.90. The third kappa shape index (κ3) is 8.18. The van der Waals surface area contributed by atoms with Crippen LogP contribution in [0.2, 0.25) is 0 Å². The Bertz CT molecular complexity index is 645. The molecular weight excluding hydrogens is 406 g/mol. The van der Waals surface area contributed by atoms with Gasteiger partial charge in [-0.05, 0) is 38.7 Å². The van der Waals surface area contributed by atoms with Gasteiger partial charge in [0.15, 0.2) is 5.96 Å². The zero-order valence-corrected chi connectivity index (χ0v) is 19.9. The average molecular weight is 448 g/mol. The standard InChI is InChI=1S/C23H41N7O2/c1-3-24-22(29-13-7-21(8-14-29)32-20-6-19-31-2)27-11-5-12-28-15-17-30(18-16-28)23-25-9-4-10-26-23/h4,9-10,21H,3,5-8,11-20H2,1-2H3,(H,24,27). The Kier molecular flexibility index (Phi) is 11.0. The number of anilines is 1. The van der Waals surface area contributed by atoms with E-state index < -0.39 is 0 Å². The molecular formula is C23H41N7O2. The van der Waals surface area contributed by atoms with Gasteiger partial charge in [0.2, 0.25) is 5.95 Å². The molecule has 2 aliphatic heterocycles. The van der Waals surface area contributed by atoms with Crippen molar-refractivity contribution in [2.75, 3.05) is 84.1 Å². The van der Waals surface area contributed by atoms with Crippen LogP contribution >= 0.6 is 0 Å². The van der Waals surface area contributed by atoms with Crippen molar-refractivity contribution in [2.24, 2.45) is 4.99 Å². The quantitative estimate of drug-likeness (QED) is 0.310. The first kappa shape index (κ1) is 24.7. The summed E-state index contributed by atoms with van der Waals surface area (Å²) in [5.41, 5.74) is 0. The second-order valence-corrected chi connectivity index (χ2v) is 8.37. The molecule has 1 aromatic rings. The van der Waals surface area contributed by atoms with E-state index in [9.17, 15) is 0 Å². The average Bonchev–Trinajstić information content (AvgIpc) is 2.85. The summed E-state index contributed by atoms with van der Waals surface area (Å²) in [6.45, 7) is 12.6. The van der Waals surface area contributed by atoms with Crippen molar-refractivity contribution in [3.8, 4) is 0 Å². The number of nitrogens with zero attached hydrogens (tertiary/aromatic N) is 6. The van der Waals surface area contributed by atoms with Crippen molar-refractivity contribution in [2.45, 2.75) is 38.7 Å². The van der Waals surface area contributed by atoms with Gasteiger partial charge in [0.05, 0.1) is 6.10 Å². The minimum absolute atomic E-state index is 0.367. The molecule has 2 fully saturated rings. The number of aliphatic imine (C=N–C) groups is 1. The number of rotatable bonds is 11. The van der Waals surface area contributed by atoms with Crippen LogP contribution < -0.4 is 10.2 Å². The van der Waals surface area contributed by atoms with Crippen molar-refractivity contribution >= 4 is 11.9 Å². The zero-order chi connectivity index (χ0) is 22.4. The molecule has 0 amide bonds. The number of piperazine rings is 1. The maximum Gasteiger partial charge on any atom is 0.225 e. The highest BCUT2D eigenvalue weighted by Crippen LogP contribution is 2.14. The van der Waals surface area contributed by atoms with Crippen LogP contribution in [-0.4, -0.2) is 111 Å². The van der Waals surface area contributed by atoms with Crippen LogP contribution in [0.5, 0.6) is 0 Å². The van der Waals surface area contributed by atoms with Crippen LogP contribution in [0.15, 0.2) is 23.5 Å². The van der Waals surface area contributed by atoms with Crippen molar-refractivity contribution < 1.29 is 9.47 Å². The summed E-state index contributed by atoms with van der Waals surface area (Å²) in [6, 6.07) is 1.86. The number of guanidine groups is 1. The molecule has 0 radical (unpaired) electrons. The number of hydrogen-bond acceptors (Lipinski definition) is 7. The Labute approximate surface area is 193 Å². The maximum absolute atomic E-state index is 5.99. The zero-order valence-electron chi connectivity index (χ0n) is 19.9. The molecule has 2 saturated heterocycles. The van der Waals surface area contributed by atoms with E-state index >= 15 is 0 Å². The van der Waals surface area contributed by atoms with Gasteiger partial charge in [-0.1, -0.05) is 0 Å². The van der Waals surface area contributed by atoms with Gasteiger partial charge in [0.25, 0.3) is 0 Å². The highest BCUT2D eigenvalue weighted by Gasteiger charge is 2.22. The lowest BCUT2D eigenvalue weighted by molar-refractivity contribution is 0.00990. The fraction of sp³-hybridized carbons (Fsp3) is 0.783. The summed E-state index contributed by atoms with van der Waals surface area (Å²) in [7, 11) is 1.74. The molecule has 32 heavy (non-hydrogen) atoms. The molecule has 0 spiro atoms. The molecule has 1 N–H and O–H groups in total. The van der Waals surface area contributed by atoms with Crippen molar-refractivity contribution in [3.05, 3.63) is 18.5 Å². The first-order valence-electron chi connectivity index (χ1n) is 12.2. The minimum atomic E-state index is 0.367. The largest absolute Gasteiger partial charge is 0.385 e. The van der Waals surface area contributed by atoms with Crippen molar-refractivity contribution in [1.29, 1.82) is 0 Å². The maximum atomic E-state index is 5.99. The van der Waals surface area contributed by atoms with Crippen LogP contribution in [-0.2, 0) is 9.47 Å². The van der Waals surface area contributed by atoms with Crippen molar-refractivity contribution in [1.82, 2.24) is 25.1 Å². The summed E-state index contributed by atoms with van der Waals surface area (Å²) in [5, 5.41) is 3.47. The number of piperidine rings is 1. The van der Waals surface area contributed by atoms with E-state index in [1.54, 1.807) is 7.11 Å². The summed E-state index contributed by atoms with van der Waals surface area (Å²) in [6.07, 6.45) is 8.16. The van der Waals surface area contributed by atoms with E-state index in [0.29, 0.717) is 6.10 Å². The van der Waals surface area contributed by atoms with Crippen molar-refractivity contribution in [3.63, 3.8) is 0 Å². The first-order chi connectivity index (χ1) is 15.8. The number of ether oxygens (including phenoxy) is 2. The van der Waals surface area contributed by atoms with Gasteiger partial charge in [-0.2, -0.15) is 0 Å². The van der Waals surface area contributed by atoms with Crippen LogP contribution in [0.1, 0.15) is 32.6 Å².